The molecule has 0 N–H and O–H groups in total. The Morgan fingerprint density at radius 1 is 1.15 bits per heavy atom. The highest BCUT2D eigenvalue weighted by Crippen LogP contribution is 2.34. The Morgan fingerprint density at radius 2 is 1.88 bits per heavy atom. The van der Waals surface area contributed by atoms with Gasteiger partial charge in [-0.2, -0.15) is 0 Å². The average molecular weight is 369 g/mol. The van der Waals surface area contributed by atoms with Gasteiger partial charge in [-0.15, -0.1) is 11.8 Å². The van der Waals surface area contributed by atoms with E-state index in [1.54, 1.807) is 11.8 Å². The first kappa shape index (κ1) is 17.3. The maximum absolute atomic E-state index is 12.6. The summed E-state index contributed by atoms with van der Waals surface area (Å²) in [5.41, 5.74) is 2.27. The van der Waals surface area contributed by atoms with Crippen molar-refractivity contribution in [2.24, 2.45) is 0 Å². The summed E-state index contributed by atoms with van der Waals surface area (Å²) in [7, 11) is 0. The number of hydrogen-bond acceptors (Lipinski definition) is 5. The van der Waals surface area contributed by atoms with Crippen LogP contribution in [0.1, 0.15) is 23.5 Å². The molecule has 0 spiro atoms. The van der Waals surface area contributed by atoms with Crippen LogP contribution in [0.5, 0.6) is 0 Å². The van der Waals surface area contributed by atoms with E-state index in [0.29, 0.717) is 17.8 Å². The zero-order chi connectivity index (χ0) is 18.1. The minimum atomic E-state index is 0.280. The summed E-state index contributed by atoms with van der Waals surface area (Å²) in [5, 5.41) is 0. The highest BCUT2D eigenvalue weighted by atomic mass is 32.2. The molecule has 6 heteroatoms. The molecule has 3 saturated heterocycles. The molecule has 2 atom stereocenters. The van der Waals surface area contributed by atoms with Gasteiger partial charge in [0.15, 0.2) is 0 Å². The number of aryl methyl sites for hydroxylation is 2. The Morgan fingerprint density at radius 3 is 2.58 bits per heavy atom. The lowest BCUT2D eigenvalue weighted by Crippen LogP contribution is -2.70. The number of fused-ring (bicyclic) bond motifs is 2. The van der Waals surface area contributed by atoms with Crippen LogP contribution in [-0.4, -0.2) is 51.7 Å². The summed E-state index contributed by atoms with van der Waals surface area (Å²) in [6.45, 7) is 5.69. The van der Waals surface area contributed by atoms with Crippen LogP contribution in [0, 0.1) is 13.8 Å². The lowest BCUT2D eigenvalue weighted by Gasteiger charge is -2.56. The lowest BCUT2D eigenvalue weighted by molar-refractivity contribution is -0.143. The number of rotatable bonds is 5. The molecular formula is C20H24N4OS. The maximum Gasteiger partial charge on any atom is 0.233 e. The average Bonchev–Trinajstić information content (AvgIpc) is 2.62. The molecule has 1 aromatic heterocycles. The van der Waals surface area contributed by atoms with Crippen LogP contribution in [-0.2, 0) is 10.5 Å². The third-order valence-corrected chi connectivity index (χ3v) is 6.08. The van der Waals surface area contributed by atoms with E-state index in [9.17, 15) is 4.79 Å². The highest BCUT2D eigenvalue weighted by molar-refractivity contribution is 7.99. The summed E-state index contributed by atoms with van der Waals surface area (Å²) in [4.78, 5) is 26.0. The molecule has 0 saturated carbocycles. The van der Waals surface area contributed by atoms with E-state index in [4.69, 9.17) is 0 Å². The number of benzene rings is 1. The first-order valence-corrected chi connectivity index (χ1v) is 10.3. The first-order valence-electron chi connectivity index (χ1n) is 9.10. The number of hydrogen-bond donors (Lipinski definition) is 0. The largest absolute Gasteiger partial charge is 0.352 e. The van der Waals surface area contributed by atoms with Gasteiger partial charge >= 0.3 is 0 Å². The molecule has 2 aromatic rings. The van der Waals surface area contributed by atoms with E-state index in [1.807, 2.05) is 38.1 Å². The van der Waals surface area contributed by atoms with Crippen LogP contribution in [0.3, 0.4) is 0 Å². The molecule has 3 fully saturated rings. The molecule has 136 valence electrons. The van der Waals surface area contributed by atoms with Crippen molar-refractivity contribution >= 4 is 23.5 Å². The van der Waals surface area contributed by atoms with Crippen LogP contribution in [0.2, 0.25) is 0 Å². The van der Waals surface area contributed by atoms with Crippen LogP contribution in [0.25, 0.3) is 0 Å². The Balaban J connectivity index is 1.31. The minimum Gasteiger partial charge on any atom is -0.352 e. The van der Waals surface area contributed by atoms with E-state index in [1.165, 1.54) is 5.56 Å². The van der Waals surface area contributed by atoms with Crippen LogP contribution < -0.4 is 4.90 Å². The monoisotopic (exact) mass is 368 g/mol. The second-order valence-electron chi connectivity index (χ2n) is 7.14. The van der Waals surface area contributed by atoms with Gasteiger partial charge < -0.3 is 9.80 Å². The van der Waals surface area contributed by atoms with Gasteiger partial charge in [0.2, 0.25) is 5.91 Å². The van der Waals surface area contributed by atoms with Gasteiger partial charge in [-0.3, -0.25) is 4.79 Å². The molecule has 26 heavy (non-hydrogen) atoms. The molecule has 0 aliphatic carbocycles. The van der Waals surface area contributed by atoms with Crippen molar-refractivity contribution in [2.45, 2.75) is 38.1 Å². The van der Waals surface area contributed by atoms with E-state index in [0.717, 1.165) is 42.6 Å². The topological polar surface area (TPSA) is 49.3 Å². The Bertz CT molecular complexity index is 765. The Labute approximate surface area is 158 Å². The van der Waals surface area contributed by atoms with Crippen molar-refractivity contribution in [3.05, 3.63) is 53.5 Å². The van der Waals surface area contributed by atoms with Gasteiger partial charge in [0, 0.05) is 30.6 Å². The number of aromatic nitrogens is 2. The molecule has 2 unspecified atom stereocenters. The summed E-state index contributed by atoms with van der Waals surface area (Å²) in [6.07, 6.45) is 1.12. The standard InChI is InChI=1S/C20H24N4OS/c1-14-8-19(22-15(2)21-14)23-10-17-9-18(11-23)24(17)20(25)13-26-12-16-6-4-3-5-7-16/h3-8,17-18H,9-13H2,1-2H3. The van der Waals surface area contributed by atoms with Gasteiger partial charge in [0.25, 0.3) is 0 Å². The van der Waals surface area contributed by atoms with Gasteiger partial charge in [-0.05, 0) is 25.8 Å². The fourth-order valence-corrected chi connectivity index (χ4v) is 4.82. The molecular weight excluding hydrogens is 344 g/mol. The number of piperidine rings is 1. The van der Waals surface area contributed by atoms with E-state index < -0.39 is 0 Å². The number of carbonyl (C=O) groups is 1. The van der Waals surface area contributed by atoms with E-state index >= 15 is 0 Å². The summed E-state index contributed by atoms with van der Waals surface area (Å²) in [6, 6.07) is 13.0. The van der Waals surface area contributed by atoms with Gasteiger partial charge in [-0.1, -0.05) is 30.3 Å². The summed E-state index contributed by atoms with van der Waals surface area (Å²) in [5.74, 6) is 3.54. The maximum atomic E-state index is 12.6. The third kappa shape index (κ3) is 3.56. The summed E-state index contributed by atoms with van der Waals surface area (Å²) >= 11 is 1.71. The number of amides is 1. The number of anilines is 1. The molecule has 0 radical (unpaired) electrons. The molecule has 3 aliphatic rings. The normalized spacial score (nSPS) is 21.5. The van der Waals surface area contributed by atoms with Crippen molar-refractivity contribution in [2.75, 3.05) is 23.7 Å². The highest BCUT2D eigenvalue weighted by Gasteiger charge is 2.47. The zero-order valence-electron chi connectivity index (χ0n) is 15.3. The van der Waals surface area contributed by atoms with Crippen LogP contribution >= 0.6 is 11.8 Å². The smallest absolute Gasteiger partial charge is 0.233 e. The first-order chi connectivity index (χ1) is 12.6. The number of piperazine rings is 1. The quantitative estimate of drug-likeness (QED) is 0.812. The minimum absolute atomic E-state index is 0.280. The lowest BCUT2D eigenvalue weighted by atomic mass is 9.87. The second kappa shape index (κ2) is 7.27. The Hall–Kier alpha value is -2.08. The third-order valence-electron chi connectivity index (χ3n) is 5.09. The SMILES string of the molecule is Cc1cc(N2CC3CC(C2)N3C(=O)CSCc2ccccc2)nc(C)n1. The van der Waals surface area contributed by atoms with Gasteiger partial charge in [-0.25, -0.2) is 9.97 Å². The predicted octanol–water partition coefficient (Wildman–Crippen LogP) is 2.82. The Kier molecular flexibility index (Phi) is 4.85. The van der Waals surface area contributed by atoms with Crippen LogP contribution in [0.15, 0.2) is 36.4 Å². The van der Waals surface area contributed by atoms with Crippen molar-refractivity contribution in [3.8, 4) is 0 Å². The molecule has 4 heterocycles. The zero-order valence-corrected chi connectivity index (χ0v) is 16.1. The summed E-state index contributed by atoms with van der Waals surface area (Å²) < 4.78 is 0. The number of thioether (sulfide) groups is 1. The van der Waals surface area contributed by atoms with E-state index in [-0.39, 0.29) is 5.91 Å². The number of carbonyl (C=O) groups excluding carboxylic acids is 1. The molecule has 5 rings (SSSR count). The second-order valence-corrected chi connectivity index (χ2v) is 8.13. The predicted molar refractivity (Wildman–Crippen MR) is 105 cm³/mol. The van der Waals surface area contributed by atoms with E-state index in [2.05, 4.69) is 31.9 Å². The van der Waals surface area contributed by atoms with Crippen molar-refractivity contribution in [3.63, 3.8) is 0 Å². The fraction of sp³-hybridized carbons (Fsp3) is 0.450. The molecule has 3 aliphatic heterocycles. The van der Waals surface area contributed by atoms with Crippen LogP contribution in [0.4, 0.5) is 5.82 Å². The fourth-order valence-electron chi connectivity index (χ4n) is 3.97. The van der Waals surface area contributed by atoms with Gasteiger partial charge in [0.1, 0.15) is 11.6 Å². The molecule has 5 nitrogen and oxygen atoms in total. The van der Waals surface area contributed by atoms with Crippen molar-refractivity contribution < 1.29 is 4.79 Å². The molecule has 1 amide bonds. The van der Waals surface area contributed by atoms with Gasteiger partial charge in [0.05, 0.1) is 17.8 Å². The molecule has 1 aromatic carbocycles. The van der Waals surface area contributed by atoms with Crippen molar-refractivity contribution in [1.29, 1.82) is 0 Å². The molecule has 2 bridgehead atoms. The number of nitrogens with zero attached hydrogens (tertiary/aromatic N) is 4. The van der Waals surface area contributed by atoms with Crippen molar-refractivity contribution in [1.82, 2.24) is 14.9 Å².